The molecule has 0 saturated carbocycles. The van der Waals surface area contributed by atoms with E-state index in [1.165, 1.54) is 12.0 Å². The van der Waals surface area contributed by atoms with Crippen molar-refractivity contribution in [1.82, 2.24) is 15.5 Å². The topological polar surface area (TPSA) is 56.7 Å². The van der Waals surface area contributed by atoms with Gasteiger partial charge in [0.15, 0.2) is 5.96 Å². The number of guanidine groups is 1. The number of rotatable bonds is 6. The Morgan fingerprint density at radius 1 is 1.35 bits per heavy atom. The Kier molecular flexibility index (Phi) is 11.0. The van der Waals surface area contributed by atoms with Crippen LogP contribution in [0.1, 0.15) is 31.7 Å². The highest BCUT2D eigenvalue weighted by atomic mass is 127. The van der Waals surface area contributed by atoms with E-state index in [1.54, 1.807) is 7.05 Å². The number of hydrogen-bond donors (Lipinski definition) is 2. The molecule has 1 saturated heterocycles. The lowest BCUT2D eigenvalue weighted by molar-refractivity contribution is -0.132. The van der Waals surface area contributed by atoms with Crippen molar-refractivity contribution in [3.63, 3.8) is 0 Å². The average Bonchev–Trinajstić information content (AvgIpc) is 2.60. The normalized spacial score (nSPS) is 17.4. The van der Waals surface area contributed by atoms with Crippen molar-refractivity contribution in [3.8, 4) is 0 Å². The molecular formula is C19H30ClIN4O. The lowest BCUT2D eigenvalue weighted by Crippen LogP contribution is -2.42. The van der Waals surface area contributed by atoms with Gasteiger partial charge >= 0.3 is 0 Å². The summed E-state index contributed by atoms with van der Waals surface area (Å²) in [4.78, 5) is 18.5. The van der Waals surface area contributed by atoms with Crippen molar-refractivity contribution < 1.29 is 4.79 Å². The number of nitrogens with one attached hydrogen (secondary N) is 2. The molecule has 1 unspecified atom stereocenters. The summed E-state index contributed by atoms with van der Waals surface area (Å²) in [7, 11) is 1.74. The van der Waals surface area contributed by atoms with E-state index in [9.17, 15) is 4.79 Å². The standard InChI is InChI=1S/C19H29ClN4O.HI/c1-15-5-4-12-24(14-15)18(25)9-11-23-19(21-2)22-10-8-16-6-3-7-17(20)13-16;/h3,6-7,13,15H,4-5,8-12,14H2,1-2H3,(H2,21,22,23);1H. The van der Waals surface area contributed by atoms with Crippen LogP contribution in [0.5, 0.6) is 0 Å². The van der Waals surface area contributed by atoms with E-state index in [2.05, 4.69) is 28.6 Å². The van der Waals surface area contributed by atoms with Crippen LogP contribution in [0.2, 0.25) is 5.02 Å². The maximum Gasteiger partial charge on any atom is 0.224 e. The van der Waals surface area contributed by atoms with Gasteiger partial charge in [0.25, 0.3) is 0 Å². The van der Waals surface area contributed by atoms with E-state index in [1.807, 2.05) is 23.1 Å². The van der Waals surface area contributed by atoms with Gasteiger partial charge in [-0.15, -0.1) is 24.0 Å². The Hall–Kier alpha value is -1.02. The summed E-state index contributed by atoms with van der Waals surface area (Å²) in [5, 5.41) is 7.24. The number of carbonyl (C=O) groups is 1. The van der Waals surface area contributed by atoms with Crippen LogP contribution in [0.25, 0.3) is 0 Å². The zero-order chi connectivity index (χ0) is 18.1. The van der Waals surface area contributed by atoms with E-state index < -0.39 is 0 Å². The molecule has 1 atom stereocenters. The molecule has 0 spiro atoms. The first-order chi connectivity index (χ1) is 12.1. The molecule has 7 heteroatoms. The molecule has 1 amide bonds. The number of halogens is 2. The smallest absolute Gasteiger partial charge is 0.224 e. The minimum atomic E-state index is 0. The van der Waals surface area contributed by atoms with Crippen molar-refractivity contribution in [2.24, 2.45) is 10.9 Å². The number of amides is 1. The third-order valence-electron chi connectivity index (χ3n) is 4.46. The zero-order valence-electron chi connectivity index (χ0n) is 15.6. The van der Waals surface area contributed by atoms with Crippen LogP contribution in [0.3, 0.4) is 0 Å². The molecule has 1 aromatic rings. The Morgan fingerprint density at radius 3 is 2.81 bits per heavy atom. The minimum Gasteiger partial charge on any atom is -0.356 e. The summed E-state index contributed by atoms with van der Waals surface area (Å²) < 4.78 is 0. The van der Waals surface area contributed by atoms with Gasteiger partial charge in [0, 0.05) is 44.7 Å². The number of likely N-dealkylation sites (tertiary alicyclic amines) is 1. The zero-order valence-corrected chi connectivity index (χ0v) is 18.7. The number of benzene rings is 1. The minimum absolute atomic E-state index is 0. The molecule has 0 aromatic heterocycles. The summed E-state index contributed by atoms with van der Waals surface area (Å²) in [5.41, 5.74) is 1.19. The van der Waals surface area contributed by atoms with Crippen LogP contribution in [0.4, 0.5) is 0 Å². The van der Waals surface area contributed by atoms with Gasteiger partial charge in [-0.1, -0.05) is 30.7 Å². The van der Waals surface area contributed by atoms with Gasteiger partial charge in [-0.25, -0.2) is 0 Å². The van der Waals surface area contributed by atoms with Gasteiger partial charge in [-0.2, -0.15) is 0 Å². The molecule has 26 heavy (non-hydrogen) atoms. The second-order valence-electron chi connectivity index (χ2n) is 6.64. The van der Waals surface area contributed by atoms with Gasteiger partial charge in [0.1, 0.15) is 0 Å². The monoisotopic (exact) mass is 492 g/mol. The fourth-order valence-electron chi connectivity index (χ4n) is 3.10. The molecule has 1 heterocycles. The lowest BCUT2D eigenvalue weighted by Gasteiger charge is -2.31. The van der Waals surface area contributed by atoms with Crippen molar-refractivity contribution in [1.29, 1.82) is 0 Å². The van der Waals surface area contributed by atoms with E-state index in [0.29, 0.717) is 18.9 Å². The summed E-state index contributed by atoms with van der Waals surface area (Å²) in [6.45, 7) is 5.36. The second kappa shape index (κ2) is 12.4. The molecular weight excluding hydrogens is 463 g/mol. The van der Waals surface area contributed by atoms with Crippen molar-refractivity contribution in [2.75, 3.05) is 33.2 Å². The predicted octanol–water partition coefficient (Wildman–Crippen LogP) is 3.31. The van der Waals surface area contributed by atoms with E-state index in [0.717, 1.165) is 43.5 Å². The number of hydrogen-bond acceptors (Lipinski definition) is 2. The van der Waals surface area contributed by atoms with Crippen LogP contribution in [-0.2, 0) is 11.2 Å². The summed E-state index contributed by atoms with van der Waals surface area (Å²) >= 11 is 5.99. The molecule has 5 nitrogen and oxygen atoms in total. The largest absolute Gasteiger partial charge is 0.356 e. The van der Waals surface area contributed by atoms with E-state index in [4.69, 9.17) is 11.6 Å². The third kappa shape index (κ3) is 8.12. The van der Waals surface area contributed by atoms with E-state index in [-0.39, 0.29) is 29.9 Å². The van der Waals surface area contributed by atoms with Gasteiger partial charge in [-0.05, 0) is 42.9 Å². The quantitative estimate of drug-likeness (QED) is 0.364. The predicted molar refractivity (Wildman–Crippen MR) is 120 cm³/mol. The highest BCUT2D eigenvalue weighted by Gasteiger charge is 2.20. The summed E-state index contributed by atoms with van der Waals surface area (Å²) in [6.07, 6.45) is 3.71. The van der Waals surface area contributed by atoms with E-state index >= 15 is 0 Å². The fourth-order valence-corrected chi connectivity index (χ4v) is 3.31. The summed E-state index contributed by atoms with van der Waals surface area (Å²) in [5.74, 6) is 1.57. The van der Waals surface area contributed by atoms with Gasteiger partial charge in [-0.3, -0.25) is 9.79 Å². The Labute approximate surface area is 179 Å². The van der Waals surface area contributed by atoms with Crippen LogP contribution in [0, 0.1) is 5.92 Å². The molecule has 2 N–H and O–H groups in total. The molecule has 1 fully saturated rings. The molecule has 2 rings (SSSR count). The van der Waals surface area contributed by atoms with Gasteiger partial charge in [0.2, 0.25) is 5.91 Å². The van der Waals surface area contributed by atoms with Crippen LogP contribution >= 0.6 is 35.6 Å². The van der Waals surface area contributed by atoms with Crippen LogP contribution < -0.4 is 10.6 Å². The molecule has 1 aromatic carbocycles. The van der Waals surface area contributed by atoms with Crippen molar-refractivity contribution in [3.05, 3.63) is 34.9 Å². The number of aliphatic imine (C=N–C) groups is 1. The Morgan fingerprint density at radius 2 is 2.12 bits per heavy atom. The number of piperidine rings is 1. The lowest BCUT2D eigenvalue weighted by atomic mass is 10.00. The highest BCUT2D eigenvalue weighted by Crippen LogP contribution is 2.15. The molecule has 1 aliphatic rings. The first-order valence-electron chi connectivity index (χ1n) is 9.05. The second-order valence-corrected chi connectivity index (χ2v) is 7.08. The van der Waals surface area contributed by atoms with Gasteiger partial charge < -0.3 is 15.5 Å². The number of nitrogens with zero attached hydrogens (tertiary/aromatic N) is 2. The fraction of sp³-hybridized carbons (Fsp3) is 0.579. The first kappa shape index (κ1) is 23.0. The summed E-state index contributed by atoms with van der Waals surface area (Å²) in [6, 6.07) is 7.86. The molecule has 146 valence electrons. The Bertz CT molecular complexity index is 597. The molecule has 0 bridgehead atoms. The van der Waals surface area contributed by atoms with Crippen LogP contribution in [-0.4, -0.2) is 50.0 Å². The average molecular weight is 493 g/mol. The highest BCUT2D eigenvalue weighted by molar-refractivity contribution is 14.0. The first-order valence-corrected chi connectivity index (χ1v) is 9.43. The maximum atomic E-state index is 12.3. The molecule has 0 radical (unpaired) electrons. The number of carbonyl (C=O) groups excluding carboxylic acids is 1. The maximum absolute atomic E-state index is 12.3. The molecule has 0 aliphatic carbocycles. The van der Waals surface area contributed by atoms with Gasteiger partial charge in [0.05, 0.1) is 0 Å². The molecule has 1 aliphatic heterocycles. The van der Waals surface area contributed by atoms with Crippen LogP contribution in [0.15, 0.2) is 29.3 Å². The SMILES string of the molecule is CN=C(NCCC(=O)N1CCCC(C)C1)NCCc1cccc(Cl)c1.I. The van der Waals surface area contributed by atoms with Crippen molar-refractivity contribution >= 4 is 47.4 Å². The Balaban J connectivity index is 0.00000338. The van der Waals surface area contributed by atoms with Crippen molar-refractivity contribution in [2.45, 2.75) is 32.6 Å². The third-order valence-corrected chi connectivity index (χ3v) is 4.69.